The van der Waals surface area contributed by atoms with Crippen LogP contribution < -0.4 is 0 Å². The van der Waals surface area contributed by atoms with Crippen molar-refractivity contribution in [2.24, 2.45) is 0 Å². The van der Waals surface area contributed by atoms with Crippen LogP contribution in [-0.2, 0) is 0 Å². The van der Waals surface area contributed by atoms with Crippen LogP contribution in [-0.4, -0.2) is 4.92 Å². The lowest BCUT2D eigenvalue weighted by atomic mass is 9.99. The average molecular weight is 260 g/mol. The van der Waals surface area contributed by atoms with E-state index in [-0.39, 0.29) is 22.4 Å². The van der Waals surface area contributed by atoms with Crippen molar-refractivity contribution in [1.82, 2.24) is 0 Å². The number of hydrogen-bond acceptors (Lipinski definition) is 3. The summed E-state index contributed by atoms with van der Waals surface area (Å²) < 4.78 is 26.8. The molecule has 0 aliphatic rings. The van der Waals surface area contributed by atoms with E-state index in [9.17, 15) is 18.9 Å². The molecule has 94 valence electrons. The third-order valence-electron chi connectivity index (χ3n) is 2.58. The Kier molecular flexibility index (Phi) is 3.21. The Hall–Kier alpha value is -2.81. The van der Waals surface area contributed by atoms with E-state index in [1.807, 2.05) is 0 Å². The summed E-state index contributed by atoms with van der Waals surface area (Å²) in [7, 11) is 0. The quantitative estimate of drug-likeness (QED) is 0.613. The summed E-state index contributed by atoms with van der Waals surface area (Å²) >= 11 is 0. The molecule has 0 amide bonds. The molecular weight excluding hydrogens is 254 g/mol. The SMILES string of the molecule is N#Cc1cc([N+](=O)[O-])ccc1-c1cccc(F)c1F. The molecule has 4 nitrogen and oxygen atoms in total. The number of non-ortho nitro benzene ring substituents is 1. The van der Waals surface area contributed by atoms with Gasteiger partial charge in [0.1, 0.15) is 6.07 Å². The first-order valence-electron chi connectivity index (χ1n) is 5.17. The fraction of sp³-hybridized carbons (Fsp3) is 0. The Morgan fingerprint density at radius 1 is 1.16 bits per heavy atom. The lowest BCUT2D eigenvalue weighted by Gasteiger charge is -2.06. The third kappa shape index (κ3) is 2.26. The number of nitro groups is 1. The van der Waals surface area contributed by atoms with Crippen molar-refractivity contribution in [1.29, 1.82) is 5.26 Å². The second-order valence-electron chi connectivity index (χ2n) is 3.70. The van der Waals surface area contributed by atoms with Gasteiger partial charge in [-0.2, -0.15) is 5.26 Å². The smallest absolute Gasteiger partial charge is 0.258 e. The molecule has 0 atom stereocenters. The van der Waals surface area contributed by atoms with Crippen molar-refractivity contribution in [2.75, 3.05) is 0 Å². The maximum atomic E-state index is 13.6. The van der Waals surface area contributed by atoms with Crippen molar-refractivity contribution >= 4 is 5.69 Å². The number of rotatable bonds is 2. The average Bonchev–Trinajstić information content (AvgIpc) is 2.41. The summed E-state index contributed by atoms with van der Waals surface area (Å²) in [5.41, 5.74) is -0.354. The monoisotopic (exact) mass is 260 g/mol. The second kappa shape index (κ2) is 4.82. The zero-order valence-corrected chi connectivity index (χ0v) is 9.43. The van der Waals surface area contributed by atoms with Crippen LogP contribution >= 0.6 is 0 Å². The molecule has 6 heteroatoms. The van der Waals surface area contributed by atoms with Gasteiger partial charge in [-0.3, -0.25) is 10.1 Å². The lowest BCUT2D eigenvalue weighted by molar-refractivity contribution is -0.384. The summed E-state index contributed by atoms with van der Waals surface area (Å²) in [6.07, 6.45) is 0. The zero-order valence-electron chi connectivity index (χ0n) is 9.43. The van der Waals surface area contributed by atoms with Crippen LogP contribution in [0.3, 0.4) is 0 Å². The van der Waals surface area contributed by atoms with Crippen LogP contribution in [0, 0.1) is 33.1 Å². The van der Waals surface area contributed by atoms with Gasteiger partial charge in [-0.15, -0.1) is 0 Å². The van der Waals surface area contributed by atoms with Crippen molar-refractivity contribution in [3.63, 3.8) is 0 Å². The molecule has 0 aromatic heterocycles. The molecule has 0 bridgehead atoms. The van der Waals surface area contributed by atoms with E-state index in [0.29, 0.717) is 0 Å². The molecule has 0 saturated carbocycles. The minimum Gasteiger partial charge on any atom is -0.258 e. The molecular formula is C13H6F2N2O2. The van der Waals surface area contributed by atoms with Crippen molar-refractivity contribution in [2.45, 2.75) is 0 Å². The van der Waals surface area contributed by atoms with Crippen molar-refractivity contribution in [3.8, 4) is 17.2 Å². The largest absolute Gasteiger partial charge is 0.270 e. The Labute approximate surface area is 106 Å². The van der Waals surface area contributed by atoms with E-state index in [2.05, 4.69) is 0 Å². The highest BCUT2D eigenvalue weighted by Gasteiger charge is 2.16. The van der Waals surface area contributed by atoms with Crippen molar-refractivity contribution < 1.29 is 13.7 Å². The highest BCUT2D eigenvalue weighted by molar-refractivity contribution is 5.72. The van der Waals surface area contributed by atoms with Crippen LogP contribution in [0.15, 0.2) is 36.4 Å². The minimum absolute atomic E-state index is 0.0845. The van der Waals surface area contributed by atoms with Crippen LogP contribution in [0.25, 0.3) is 11.1 Å². The summed E-state index contributed by atoms with van der Waals surface area (Å²) in [5, 5.41) is 19.6. The van der Waals surface area contributed by atoms with Crippen molar-refractivity contribution in [3.05, 3.63) is 63.7 Å². The Balaban J connectivity index is 2.67. The predicted molar refractivity (Wildman–Crippen MR) is 63.2 cm³/mol. The van der Waals surface area contributed by atoms with Gasteiger partial charge < -0.3 is 0 Å². The lowest BCUT2D eigenvalue weighted by Crippen LogP contribution is -1.94. The highest BCUT2D eigenvalue weighted by atomic mass is 19.2. The first-order chi connectivity index (χ1) is 9.04. The molecule has 0 radical (unpaired) electrons. The van der Waals surface area contributed by atoms with E-state index >= 15 is 0 Å². The Morgan fingerprint density at radius 3 is 2.53 bits per heavy atom. The number of benzene rings is 2. The topological polar surface area (TPSA) is 66.9 Å². The minimum atomic E-state index is -1.09. The van der Waals surface area contributed by atoms with Gasteiger partial charge in [0.05, 0.1) is 10.5 Å². The predicted octanol–water partition coefficient (Wildman–Crippen LogP) is 3.41. The molecule has 19 heavy (non-hydrogen) atoms. The van der Waals surface area contributed by atoms with E-state index in [1.54, 1.807) is 6.07 Å². The summed E-state index contributed by atoms with van der Waals surface area (Å²) in [6, 6.07) is 8.70. The zero-order chi connectivity index (χ0) is 14.0. The summed E-state index contributed by atoms with van der Waals surface area (Å²) in [4.78, 5) is 9.94. The maximum absolute atomic E-state index is 13.6. The maximum Gasteiger partial charge on any atom is 0.270 e. The molecule has 0 heterocycles. The number of nitrogens with zero attached hydrogens (tertiary/aromatic N) is 2. The molecule has 0 aliphatic heterocycles. The molecule has 0 unspecified atom stereocenters. The Morgan fingerprint density at radius 2 is 1.89 bits per heavy atom. The molecule has 2 aromatic rings. The van der Waals surface area contributed by atoms with Crippen LogP contribution in [0.1, 0.15) is 5.56 Å². The van der Waals surface area contributed by atoms with Crippen LogP contribution in [0.5, 0.6) is 0 Å². The molecule has 0 aliphatic carbocycles. The van der Waals surface area contributed by atoms with Crippen LogP contribution in [0.4, 0.5) is 14.5 Å². The molecule has 0 fully saturated rings. The summed E-state index contributed by atoms with van der Waals surface area (Å²) in [6.45, 7) is 0. The molecule has 2 aromatic carbocycles. The van der Waals surface area contributed by atoms with Gasteiger partial charge in [0.2, 0.25) is 0 Å². The fourth-order valence-electron chi connectivity index (χ4n) is 1.68. The molecule has 0 spiro atoms. The first-order valence-corrected chi connectivity index (χ1v) is 5.17. The molecule has 0 N–H and O–H groups in total. The second-order valence-corrected chi connectivity index (χ2v) is 3.70. The third-order valence-corrected chi connectivity index (χ3v) is 2.58. The standard InChI is InChI=1S/C13H6F2N2O2/c14-12-3-1-2-11(13(12)15)10-5-4-9(17(18)19)6-8(10)7-16/h1-6H. The number of hydrogen-bond donors (Lipinski definition) is 0. The van der Waals surface area contributed by atoms with Gasteiger partial charge in [-0.1, -0.05) is 12.1 Å². The first kappa shape index (κ1) is 12.6. The van der Waals surface area contributed by atoms with Gasteiger partial charge in [0.25, 0.3) is 5.69 Å². The van der Waals surface area contributed by atoms with Gasteiger partial charge in [-0.25, -0.2) is 8.78 Å². The fourth-order valence-corrected chi connectivity index (χ4v) is 1.68. The van der Waals surface area contributed by atoms with Gasteiger partial charge >= 0.3 is 0 Å². The number of nitro benzene ring substituents is 1. The normalized spacial score (nSPS) is 9.95. The number of halogens is 2. The number of nitriles is 1. The van der Waals surface area contributed by atoms with Gasteiger partial charge in [-0.05, 0) is 12.1 Å². The van der Waals surface area contributed by atoms with E-state index in [1.165, 1.54) is 18.2 Å². The van der Waals surface area contributed by atoms with E-state index in [0.717, 1.165) is 18.2 Å². The van der Waals surface area contributed by atoms with Gasteiger partial charge in [0, 0.05) is 23.3 Å². The molecule has 0 saturated heterocycles. The van der Waals surface area contributed by atoms with E-state index < -0.39 is 16.6 Å². The summed E-state index contributed by atoms with van der Waals surface area (Å²) in [5.74, 6) is -2.13. The van der Waals surface area contributed by atoms with E-state index in [4.69, 9.17) is 5.26 Å². The Bertz CT molecular complexity index is 708. The highest BCUT2D eigenvalue weighted by Crippen LogP contribution is 2.29. The molecule has 2 rings (SSSR count). The van der Waals surface area contributed by atoms with Gasteiger partial charge in [0.15, 0.2) is 11.6 Å². The van der Waals surface area contributed by atoms with Crippen LogP contribution in [0.2, 0.25) is 0 Å².